The molecule has 0 N–H and O–H groups in total. The van der Waals surface area contributed by atoms with Crippen LogP contribution in [-0.4, -0.2) is 32.4 Å². The van der Waals surface area contributed by atoms with Crippen LogP contribution in [0.4, 0.5) is 0 Å². The fourth-order valence-electron chi connectivity index (χ4n) is 0.405. The van der Waals surface area contributed by atoms with Gasteiger partial charge in [-0.1, -0.05) is 0 Å². The van der Waals surface area contributed by atoms with Gasteiger partial charge in [-0.3, -0.25) is 4.79 Å². The maximum Gasteiger partial charge on any atom is 0.302 e. The summed E-state index contributed by atoms with van der Waals surface area (Å²) in [6, 6.07) is 0. The van der Waals surface area contributed by atoms with Crippen molar-refractivity contribution in [3.63, 3.8) is 0 Å². The van der Waals surface area contributed by atoms with Crippen molar-refractivity contribution in [1.29, 1.82) is 0 Å². The summed E-state index contributed by atoms with van der Waals surface area (Å²) in [6.45, 7) is 1.80. The zero-order valence-corrected chi connectivity index (χ0v) is 5.96. The zero-order chi connectivity index (χ0) is 7.82. The van der Waals surface area contributed by atoms with E-state index in [-0.39, 0.29) is 25.8 Å². The van der Waals surface area contributed by atoms with Gasteiger partial charge in [0.15, 0.2) is 0 Å². The Labute approximate surface area is 59.7 Å². The van der Waals surface area contributed by atoms with E-state index in [0.717, 1.165) is 0 Å². The molecule has 10 heavy (non-hydrogen) atoms. The Morgan fingerprint density at radius 1 is 1.30 bits per heavy atom. The molecular weight excluding hydrogens is 136 g/mol. The van der Waals surface area contributed by atoms with E-state index >= 15 is 0 Å². The standard InChI is InChI=1S/C6H11O4/c1-6(8)10-5-4-9-3-2-7/h2-5H2,1H3. The fourth-order valence-corrected chi connectivity index (χ4v) is 0.405. The molecule has 0 unspecified atom stereocenters. The van der Waals surface area contributed by atoms with Crippen molar-refractivity contribution < 1.29 is 19.4 Å². The molecule has 1 radical (unpaired) electrons. The Kier molecular flexibility index (Phi) is 6.11. The maximum atomic E-state index is 10.1. The number of carbonyl (C=O) groups is 1. The zero-order valence-electron chi connectivity index (χ0n) is 5.96. The van der Waals surface area contributed by atoms with Gasteiger partial charge in [-0.2, -0.15) is 0 Å². The van der Waals surface area contributed by atoms with E-state index in [4.69, 9.17) is 4.74 Å². The van der Waals surface area contributed by atoms with Crippen molar-refractivity contribution in [1.82, 2.24) is 0 Å². The van der Waals surface area contributed by atoms with Gasteiger partial charge < -0.3 is 9.47 Å². The number of esters is 1. The molecule has 0 aliphatic carbocycles. The van der Waals surface area contributed by atoms with Crippen LogP contribution in [0.1, 0.15) is 6.92 Å². The first kappa shape index (κ1) is 9.39. The summed E-state index contributed by atoms with van der Waals surface area (Å²) in [7, 11) is 0. The summed E-state index contributed by atoms with van der Waals surface area (Å²) < 4.78 is 9.27. The van der Waals surface area contributed by atoms with E-state index in [1.54, 1.807) is 0 Å². The SMILES string of the molecule is CC(=O)OCCOCC[O]. The molecule has 0 aromatic carbocycles. The lowest BCUT2D eigenvalue weighted by Crippen LogP contribution is -2.09. The van der Waals surface area contributed by atoms with Crippen LogP contribution in [0.15, 0.2) is 0 Å². The summed E-state index contributed by atoms with van der Waals surface area (Å²) in [4.78, 5) is 10.1. The Bertz CT molecular complexity index is 91.7. The van der Waals surface area contributed by atoms with Crippen molar-refractivity contribution in [3.8, 4) is 0 Å². The molecule has 59 valence electrons. The molecule has 0 aliphatic heterocycles. The Morgan fingerprint density at radius 3 is 2.50 bits per heavy atom. The molecule has 0 amide bonds. The summed E-state index contributed by atoms with van der Waals surface area (Å²) in [6.07, 6.45) is 0. The molecule has 0 aromatic rings. The van der Waals surface area contributed by atoms with Gasteiger partial charge in [0, 0.05) is 6.92 Å². The Hall–Kier alpha value is -0.610. The second-order valence-electron chi connectivity index (χ2n) is 1.66. The van der Waals surface area contributed by atoms with Crippen LogP contribution in [0, 0.1) is 0 Å². The van der Waals surface area contributed by atoms with Gasteiger partial charge in [0.25, 0.3) is 0 Å². The first-order valence-corrected chi connectivity index (χ1v) is 3.06. The summed E-state index contributed by atoms with van der Waals surface area (Å²) in [5.41, 5.74) is 0. The molecule has 0 atom stereocenters. The minimum atomic E-state index is -0.328. The second kappa shape index (κ2) is 6.51. The van der Waals surface area contributed by atoms with Crippen molar-refractivity contribution in [2.45, 2.75) is 6.92 Å². The summed E-state index contributed by atoms with van der Waals surface area (Å²) >= 11 is 0. The number of rotatable bonds is 5. The van der Waals surface area contributed by atoms with E-state index in [9.17, 15) is 9.90 Å². The summed E-state index contributed by atoms with van der Waals surface area (Å²) in [5.74, 6) is -0.328. The molecule has 0 fully saturated rings. The third-order valence-corrected chi connectivity index (χ3v) is 0.761. The van der Waals surface area contributed by atoms with Gasteiger partial charge in [-0.25, -0.2) is 5.11 Å². The Balaban J connectivity index is 2.84. The first-order chi connectivity index (χ1) is 4.77. The smallest absolute Gasteiger partial charge is 0.302 e. The maximum absolute atomic E-state index is 10.1. The molecule has 0 rings (SSSR count). The summed E-state index contributed by atoms with van der Waals surface area (Å²) in [5, 5.41) is 9.79. The van der Waals surface area contributed by atoms with Gasteiger partial charge in [0.1, 0.15) is 13.2 Å². The van der Waals surface area contributed by atoms with Gasteiger partial charge in [0.2, 0.25) is 0 Å². The minimum Gasteiger partial charge on any atom is -0.463 e. The van der Waals surface area contributed by atoms with Crippen LogP contribution < -0.4 is 0 Å². The molecule has 0 saturated heterocycles. The van der Waals surface area contributed by atoms with Gasteiger partial charge in [-0.15, -0.1) is 0 Å². The largest absolute Gasteiger partial charge is 0.463 e. The molecule has 4 heteroatoms. The second-order valence-corrected chi connectivity index (χ2v) is 1.66. The molecule has 0 heterocycles. The highest BCUT2D eigenvalue weighted by Gasteiger charge is 1.91. The quantitative estimate of drug-likeness (QED) is 0.406. The highest BCUT2D eigenvalue weighted by molar-refractivity contribution is 5.65. The average Bonchev–Trinajstić information content (AvgIpc) is 1.87. The molecule has 0 aliphatic rings. The molecule has 0 saturated carbocycles. The predicted octanol–water partition coefficient (Wildman–Crippen LogP) is -0.00340. The van der Waals surface area contributed by atoms with E-state index < -0.39 is 0 Å². The molecule has 4 nitrogen and oxygen atoms in total. The predicted molar refractivity (Wildman–Crippen MR) is 33.0 cm³/mol. The van der Waals surface area contributed by atoms with Gasteiger partial charge in [-0.05, 0) is 0 Å². The average molecular weight is 147 g/mol. The number of carbonyl (C=O) groups excluding carboxylic acids is 1. The van der Waals surface area contributed by atoms with Crippen LogP contribution in [0.3, 0.4) is 0 Å². The Morgan fingerprint density at radius 2 is 2.00 bits per heavy atom. The van der Waals surface area contributed by atoms with Crippen molar-refractivity contribution >= 4 is 5.97 Å². The third kappa shape index (κ3) is 7.39. The number of hydrogen-bond acceptors (Lipinski definition) is 3. The molecular formula is C6H11O4. The first-order valence-electron chi connectivity index (χ1n) is 3.06. The van der Waals surface area contributed by atoms with Gasteiger partial charge in [0.05, 0.1) is 13.2 Å². The highest BCUT2D eigenvalue weighted by atomic mass is 16.6. The minimum absolute atomic E-state index is 0.182. The van der Waals surface area contributed by atoms with E-state index in [1.807, 2.05) is 0 Å². The normalized spacial score (nSPS) is 9.40. The monoisotopic (exact) mass is 147 g/mol. The lowest BCUT2D eigenvalue weighted by atomic mass is 10.7. The third-order valence-electron chi connectivity index (χ3n) is 0.761. The van der Waals surface area contributed by atoms with E-state index in [1.165, 1.54) is 6.92 Å². The molecule has 0 aromatic heterocycles. The van der Waals surface area contributed by atoms with Crippen LogP contribution >= 0.6 is 0 Å². The lowest BCUT2D eigenvalue weighted by molar-refractivity contribution is -0.142. The van der Waals surface area contributed by atoms with Gasteiger partial charge >= 0.3 is 5.97 Å². The fraction of sp³-hybridized carbons (Fsp3) is 0.833. The van der Waals surface area contributed by atoms with E-state index in [2.05, 4.69) is 4.74 Å². The molecule has 0 bridgehead atoms. The van der Waals surface area contributed by atoms with Crippen LogP contribution in [0.2, 0.25) is 0 Å². The van der Waals surface area contributed by atoms with Crippen LogP contribution in [-0.2, 0) is 19.4 Å². The lowest BCUT2D eigenvalue weighted by Gasteiger charge is -2.00. The number of hydrogen-bond donors (Lipinski definition) is 0. The highest BCUT2D eigenvalue weighted by Crippen LogP contribution is 1.78. The molecule has 0 spiro atoms. The van der Waals surface area contributed by atoms with Crippen molar-refractivity contribution in [2.75, 3.05) is 26.4 Å². The number of ether oxygens (including phenoxy) is 2. The van der Waals surface area contributed by atoms with Crippen LogP contribution in [0.25, 0.3) is 0 Å². The van der Waals surface area contributed by atoms with E-state index in [0.29, 0.717) is 6.61 Å². The van der Waals surface area contributed by atoms with Crippen LogP contribution in [0.5, 0.6) is 0 Å². The topological polar surface area (TPSA) is 55.4 Å². The van der Waals surface area contributed by atoms with Crippen molar-refractivity contribution in [2.24, 2.45) is 0 Å². The van der Waals surface area contributed by atoms with Crippen molar-refractivity contribution in [3.05, 3.63) is 0 Å².